The molecule has 0 N–H and O–H groups in total. The molecule has 126 valence electrons. The lowest BCUT2D eigenvalue weighted by Gasteiger charge is -2.27. The highest BCUT2D eigenvalue weighted by atomic mass is 35.5. The van der Waals surface area contributed by atoms with Crippen LogP contribution in [0.4, 0.5) is 0 Å². The number of halogens is 4. The molecule has 0 radical (unpaired) electrons. The predicted octanol–water partition coefficient (Wildman–Crippen LogP) is 3.35. The predicted molar refractivity (Wildman–Crippen MR) is 88.0 cm³/mol. The molecule has 0 bridgehead atoms. The fourth-order valence-corrected chi connectivity index (χ4v) is 2.96. The normalized spacial score (nSPS) is 21.2. The Balaban J connectivity index is 2.72. The number of esters is 2. The SMILES string of the molecule is O=C(OC(CCl)CCl)C1CC=CCC1C(=O)OC(CCl)CCl. The molecule has 0 aliphatic heterocycles. The van der Waals surface area contributed by atoms with Gasteiger partial charge in [0.1, 0.15) is 12.2 Å². The second kappa shape index (κ2) is 10.6. The Bertz CT molecular complexity index is 358. The molecule has 2 unspecified atom stereocenters. The first kappa shape index (κ1) is 19.9. The average molecular weight is 392 g/mol. The summed E-state index contributed by atoms with van der Waals surface area (Å²) in [5.41, 5.74) is 0. The quantitative estimate of drug-likeness (QED) is 0.361. The van der Waals surface area contributed by atoms with E-state index in [0.717, 1.165) is 0 Å². The molecule has 0 saturated carbocycles. The van der Waals surface area contributed by atoms with Crippen molar-refractivity contribution in [1.29, 1.82) is 0 Å². The van der Waals surface area contributed by atoms with Crippen molar-refractivity contribution >= 4 is 58.3 Å². The highest BCUT2D eigenvalue weighted by molar-refractivity contribution is 6.21. The van der Waals surface area contributed by atoms with Gasteiger partial charge in [0.2, 0.25) is 0 Å². The maximum Gasteiger partial charge on any atom is 0.310 e. The van der Waals surface area contributed by atoms with E-state index in [1.807, 2.05) is 12.2 Å². The number of allylic oxidation sites excluding steroid dienone is 2. The van der Waals surface area contributed by atoms with Gasteiger partial charge < -0.3 is 9.47 Å². The maximum absolute atomic E-state index is 12.2. The van der Waals surface area contributed by atoms with Crippen molar-refractivity contribution in [3.63, 3.8) is 0 Å². The molecule has 1 aliphatic rings. The van der Waals surface area contributed by atoms with Crippen LogP contribution in [0.2, 0.25) is 0 Å². The van der Waals surface area contributed by atoms with Crippen LogP contribution < -0.4 is 0 Å². The lowest BCUT2D eigenvalue weighted by molar-refractivity contribution is -0.164. The Kier molecular flexibility index (Phi) is 9.57. The van der Waals surface area contributed by atoms with E-state index in [4.69, 9.17) is 55.9 Å². The van der Waals surface area contributed by atoms with E-state index < -0.39 is 36.0 Å². The molecule has 0 saturated heterocycles. The van der Waals surface area contributed by atoms with Gasteiger partial charge in [-0.2, -0.15) is 0 Å². The number of hydrogen-bond donors (Lipinski definition) is 0. The Hall–Kier alpha value is -0.160. The monoisotopic (exact) mass is 390 g/mol. The van der Waals surface area contributed by atoms with E-state index in [0.29, 0.717) is 12.8 Å². The third-order valence-corrected chi connectivity index (χ3v) is 4.67. The number of carbonyl (C=O) groups excluding carboxylic acids is 2. The van der Waals surface area contributed by atoms with Gasteiger partial charge in [0.15, 0.2) is 0 Å². The summed E-state index contributed by atoms with van der Waals surface area (Å²) in [6.45, 7) is 0. The van der Waals surface area contributed by atoms with E-state index in [1.165, 1.54) is 0 Å². The van der Waals surface area contributed by atoms with Gasteiger partial charge in [0.25, 0.3) is 0 Å². The van der Waals surface area contributed by atoms with Crippen molar-refractivity contribution in [2.24, 2.45) is 11.8 Å². The van der Waals surface area contributed by atoms with E-state index >= 15 is 0 Å². The number of rotatable bonds is 8. The highest BCUT2D eigenvalue weighted by Crippen LogP contribution is 2.29. The van der Waals surface area contributed by atoms with Crippen LogP contribution in [-0.2, 0) is 19.1 Å². The number of carbonyl (C=O) groups is 2. The van der Waals surface area contributed by atoms with Gasteiger partial charge in [-0.15, -0.1) is 46.4 Å². The summed E-state index contributed by atoms with van der Waals surface area (Å²) in [7, 11) is 0. The molecule has 4 nitrogen and oxygen atoms in total. The summed E-state index contributed by atoms with van der Waals surface area (Å²) in [5, 5.41) is 0. The second-order valence-corrected chi connectivity index (χ2v) is 6.13. The maximum atomic E-state index is 12.2. The molecule has 0 aromatic heterocycles. The lowest BCUT2D eigenvalue weighted by atomic mass is 9.83. The first-order valence-electron chi connectivity index (χ1n) is 6.87. The van der Waals surface area contributed by atoms with Gasteiger partial charge in [-0.3, -0.25) is 9.59 Å². The van der Waals surface area contributed by atoms with Crippen LogP contribution in [0.1, 0.15) is 12.8 Å². The molecule has 0 fully saturated rings. The average Bonchev–Trinajstić information content (AvgIpc) is 2.56. The van der Waals surface area contributed by atoms with Crippen molar-refractivity contribution < 1.29 is 19.1 Å². The van der Waals surface area contributed by atoms with Crippen molar-refractivity contribution in [3.05, 3.63) is 12.2 Å². The standard InChI is InChI=1S/C14H18Cl4O4/c15-5-9(6-16)21-13(19)11-3-1-2-4-12(11)14(20)22-10(7-17)8-18/h1-2,9-12H,3-8H2. The Morgan fingerprint density at radius 2 is 1.14 bits per heavy atom. The fourth-order valence-electron chi connectivity index (χ4n) is 2.05. The minimum Gasteiger partial charge on any atom is -0.460 e. The molecular weight excluding hydrogens is 374 g/mol. The van der Waals surface area contributed by atoms with Crippen LogP contribution in [-0.4, -0.2) is 47.7 Å². The third-order valence-electron chi connectivity index (χ3n) is 3.29. The summed E-state index contributed by atoms with van der Waals surface area (Å²) in [6.07, 6.45) is 3.35. The summed E-state index contributed by atoms with van der Waals surface area (Å²) in [4.78, 5) is 24.5. The lowest BCUT2D eigenvalue weighted by Crippen LogP contribution is -2.37. The molecule has 1 rings (SSSR count). The minimum absolute atomic E-state index is 0.105. The van der Waals surface area contributed by atoms with Crippen molar-refractivity contribution in [2.75, 3.05) is 23.5 Å². The summed E-state index contributed by atoms with van der Waals surface area (Å²) in [6, 6.07) is 0. The molecule has 0 spiro atoms. The van der Waals surface area contributed by atoms with E-state index in [2.05, 4.69) is 0 Å². The van der Waals surface area contributed by atoms with Crippen LogP contribution >= 0.6 is 46.4 Å². The molecule has 2 atom stereocenters. The molecular formula is C14H18Cl4O4. The van der Waals surface area contributed by atoms with Crippen LogP contribution in [0.25, 0.3) is 0 Å². The third kappa shape index (κ3) is 5.80. The van der Waals surface area contributed by atoms with Crippen LogP contribution in [0.5, 0.6) is 0 Å². The number of hydrogen-bond acceptors (Lipinski definition) is 4. The summed E-state index contributed by atoms with van der Waals surface area (Å²) >= 11 is 22.6. The molecule has 0 amide bonds. The molecule has 22 heavy (non-hydrogen) atoms. The van der Waals surface area contributed by atoms with Crippen LogP contribution in [0.15, 0.2) is 12.2 Å². The number of alkyl halides is 4. The summed E-state index contributed by atoms with van der Waals surface area (Å²) in [5.74, 6) is -1.80. The number of ether oxygens (including phenoxy) is 2. The van der Waals surface area contributed by atoms with Gasteiger partial charge in [-0.1, -0.05) is 12.2 Å². The zero-order chi connectivity index (χ0) is 16.5. The van der Waals surface area contributed by atoms with Gasteiger partial charge in [0.05, 0.1) is 35.4 Å². The zero-order valence-electron chi connectivity index (χ0n) is 11.9. The molecule has 8 heteroatoms. The van der Waals surface area contributed by atoms with E-state index in [9.17, 15) is 9.59 Å². The zero-order valence-corrected chi connectivity index (χ0v) is 14.9. The Labute approximate surface area is 150 Å². The Morgan fingerprint density at radius 1 is 0.818 bits per heavy atom. The van der Waals surface area contributed by atoms with Crippen molar-refractivity contribution in [3.8, 4) is 0 Å². The first-order valence-corrected chi connectivity index (χ1v) is 9.01. The first-order chi connectivity index (χ1) is 10.6. The summed E-state index contributed by atoms with van der Waals surface area (Å²) < 4.78 is 10.5. The molecule has 0 aromatic rings. The molecule has 0 aromatic carbocycles. The highest BCUT2D eigenvalue weighted by Gasteiger charge is 2.37. The van der Waals surface area contributed by atoms with Gasteiger partial charge in [-0.05, 0) is 12.8 Å². The van der Waals surface area contributed by atoms with Crippen molar-refractivity contribution in [2.45, 2.75) is 25.0 Å². The van der Waals surface area contributed by atoms with E-state index in [1.54, 1.807) is 0 Å². The molecule has 1 aliphatic carbocycles. The minimum atomic E-state index is -0.613. The smallest absolute Gasteiger partial charge is 0.310 e. The van der Waals surface area contributed by atoms with Gasteiger partial charge >= 0.3 is 11.9 Å². The van der Waals surface area contributed by atoms with Gasteiger partial charge in [-0.25, -0.2) is 0 Å². The van der Waals surface area contributed by atoms with Gasteiger partial charge in [0, 0.05) is 0 Å². The largest absolute Gasteiger partial charge is 0.460 e. The fraction of sp³-hybridized carbons (Fsp3) is 0.714. The van der Waals surface area contributed by atoms with E-state index in [-0.39, 0.29) is 23.5 Å². The van der Waals surface area contributed by atoms with Crippen LogP contribution in [0, 0.1) is 11.8 Å². The topological polar surface area (TPSA) is 52.6 Å². The Morgan fingerprint density at radius 3 is 1.41 bits per heavy atom. The molecule has 0 heterocycles. The second-order valence-electron chi connectivity index (χ2n) is 4.89. The van der Waals surface area contributed by atoms with Crippen molar-refractivity contribution in [1.82, 2.24) is 0 Å². The van der Waals surface area contributed by atoms with Crippen LogP contribution in [0.3, 0.4) is 0 Å².